The van der Waals surface area contributed by atoms with Crippen molar-refractivity contribution in [3.63, 3.8) is 0 Å². The number of carbonyl (C=O) groups is 1. The summed E-state index contributed by atoms with van der Waals surface area (Å²) >= 11 is 0. The fourth-order valence-corrected chi connectivity index (χ4v) is 3.21. The first kappa shape index (κ1) is 19.4. The second-order valence-corrected chi connectivity index (χ2v) is 6.77. The summed E-state index contributed by atoms with van der Waals surface area (Å²) in [6, 6.07) is 15.1. The van der Waals surface area contributed by atoms with Crippen molar-refractivity contribution in [1.82, 2.24) is 9.97 Å². The zero-order valence-corrected chi connectivity index (χ0v) is 16.7. The molecule has 0 saturated carbocycles. The number of rotatable bonds is 5. The molecule has 3 aromatic carbocycles. The first-order chi connectivity index (χ1) is 14.5. The van der Waals surface area contributed by atoms with Gasteiger partial charge >= 0.3 is 0 Å². The van der Waals surface area contributed by atoms with Gasteiger partial charge in [-0.2, -0.15) is 0 Å². The van der Waals surface area contributed by atoms with Gasteiger partial charge in [-0.3, -0.25) is 4.79 Å². The predicted octanol–water partition coefficient (Wildman–Crippen LogP) is 4.95. The number of H-pyrrole nitrogens is 1. The van der Waals surface area contributed by atoms with E-state index >= 15 is 0 Å². The standard InChI is InChI=1S/C23H20FN3O3/c1-13-8-9-14(10-17(13)27-23(28)15-6-4-5-7-16(15)24)22-25-18-11-20(29-2)21(30-3)12-19(18)26-22/h4-12H,1-3H3,(H,25,26)(H,27,28). The van der Waals surface area contributed by atoms with Crippen molar-refractivity contribution in [2.75, 3.05) is 19.5 Å². The quantitative estimate of drug-likeness (QED) is 0.493. The van der Waals surface area contributed by atoms with Crippen LogP contribution in [0.1, 0.15) is 15.9 Å². The maximum Gasteiger partial charge on any atom is 0.258 e. The van der Waals surface area contributed by atoms with Gasteiger partial charge in [-0.15, -0.1) is 0 Å². The molecule has 6 nitrogen and oxygen atoms in total. The van der Waals surface area contributed by atoms with Crippen LogP contribution >= 0.6 is 0 Å². The van der Waals surface area contributed by atoms with Gasteiger partial charge in [-0.05, 0) is 30.7 Å². The molecule has 2 N–H and O–H groups in total. The minimum absolute atomic E-state index is 0.00905. The van der Waals surface area contributed by atoms with E-state index in [0.29, 0.717) is 23.0 Å². The number of fused-ring (bicyclic) bond motifs is 1. The minimum Gasteiger partial charge on any atom is -0.493 e. The molecule has 0 spiro atoms. The van der Waals surface area contributed by atoms with E-state index in [-0.39, 0.29) is 5.56 Å². The lowest BCUT2D eigenvalue weighted by atomic mass is 10.1. The van der Waals surface area contributed by atoms with Gasteiger partial charge in [0, 0.05) is 23.4 Å². The fraction of sp³-hybridized carbons (Fsp3) is 0.130. The smallest absolute Gasteiger partial charge is 0.258 e. The Hall–Kier alpha value is -3.87. The van der Waals surface area contributed by atoms with Crippen LogP contribution in [0.15, 0.2) is 54.6 Å². The molecular formula is C23H20FN3O3. The van der Waals surface area contributed by atoms with Crippen LogP contribution in [-0.4, -0.2) is 30.1 Å². The number of methoxy groups -OCH3 is 2. The minimum atomic E-state index is -0.566. The third-order valence-corrected chi connectivity index (χ3v) is 4.86. The maximum absolute atomic E-state index is 13.9. The van der Waals surface area contributed by atoms with Gasteiger partial charge < -0.3 is 19.8 Å². The number of anilines is 1. The summed E-state index contributed by atoms with van der Waals surface area (Å²) in [5.74, 6) is 0.741. The molecule has 0 radical (unpaired) electrons. The lowest BCUT2D eigenvalue weighted by Crippen LogP contribution is -2.14. The lowest BCUT2D eigenvalue weighted by molar-refractivity contribution is 0.102. The predicted molar refractivity (Wildman–Crippen MR) is 114 cm³/mol. The number of aryl methyl sites for hydroxylation is 1. The van der Waals surface area contributed by atoms with Crippen LogP contribution in [0.25, 0.3) is 22.4 Å². The number of nitrogens with zero attached hydrogens (tertiary/aromatic N) is 1. The van der Waals surface area contributed by atoms with Crippen LogP contribution in [-0.2, 0) is 0 Å². The highest BCUT2D eigenvalue weighted by atomic mass is 19.1. The Bertz CT molecular complexity index is 1210. The summed E-state index contributed by atoms with van der Waals surface area (Å²) in [5.41, 5.74) is 3.71. The van der Waals surface area contributed by atoms with Gasteiger partial charge in [0.1, 0.15) is 11.6 Å². The van der Waals surface area contributed by atoms with E-state index in [1.54, 1.807) is 38.5 Å². The van der Waals surface area contributed by atoms with Crippen molar-refractivity contribution in [3.05, 3.63) is 71.5 Å². The molecule has 0 aliphatic heterocycles. The summed E-state index contributed by atoms with van der Waals surface area (Å²) in [7, 11) is 3.15. The Kier molecular flexibility index (Phi) is 5.10. The number of benzene rings is 3. The highest BCUT2D eigenvalue weighted by molar-refractivity contribution is 6.05. The number of aromatic nitrogens is 2. The molecule has 7 heteroatoms. The summed E-state index contributed by atoms with van der Waals surface area (Å²) in [5, 5.41) is 2.79. The number of nitrogens with one attached hydrogen (secondary N) is 2. The zero-order valence-electron chi connectivity index (χ0n) is 16.7. The number of amides is 1. The Labute approximate surface area is 172 Å². The molecule has 0 fully saturated rings. The summed E-state index contributed by atoms with van der Waals surface area (Å²) < 4.78 is 24.6. The average Bonchev–Trinajstić information content (AvgIpc) is 3.17. The van der Waals surface area contributed by atoms with Gasteiger partial charge in [0.05, 0.1) is 30.8 Å². The van der Waals surface area contributed by atoms with Crippen LogP contribution < -0.4 is 14.8 Å². The van der Waals surface area contributed by atoms with E-state index in [9.17, 15) is 9.18 Å². The van der Waals surface area contributed by atoms with E-state index in [1.807, 2.05) is 25.1 Å². The molecule has 30 heavy (non-hydrogen) atoms. The third-order valence-electron chi connectivity index (χ3n) is 4.86. The monoisotopic (exact) mass is 405 g/mol. The molecule has 0 unspecified atom stereocenters. The summed E-state index contributed by atoms with van der Waals surface area (Å²) in [6.45, 7) is 1.87. The van der Waals surface area contributed by atoms with Crippen molar-refractivity contribution in [1.29, 1.82) is 0 Å². The number of hydrogen-bond donors (Lipinski definition) is 2. The van der Waals surface area contributed by atoms with E-state index < -0.39 is 11.7 Å². The number of hydrogen-bond acceptors (Lipinski definition) is 4. The fourth-order valence-electron chi connectivity index (χ4n) is 3.21. The van der Waals surface area contributed by atoms with E-state index in [0.717, 1.165) is 22.2 Å². The molecule has 0 bridgehead atoms. The molecular weight excluding hydrogens is 385 g/mol. The largest absolute Gasteiger partial charge is 0.493 e. The molecule has 1 aromatic heterocycles. The molecule has 4 rings (SSSR count). The average molecular weight is 405 g/mol. The van der Waals surface area contributed by atoms with Crippen LogP contribution in [0.5, 0.6) is 11.5 Å². The topological polar surface area (TPSA) is 76.2 Å². The highest BCUT2D eigenvalue weighted by Crippen LogP contribution is 2.33. The number of halogens is 1. The summed E-state index contributed by atoms with van der Waals surface area (Å²) in [6.07, 6.45) is 0. The summed E-state index contributed by atoms with van der Waals surface area (Å²) in [4.78, 5) is 20.4. The lowest BCUT2D eigenvalue weighted by Gasteiger charge is -2.10. The van der Waals surface area contributed by atoms with Gasteiger partial charge in [-0.1, -0.05) is 24.3 Å². The Morgan fingerprint density at radius 1 is 1.03 bits per heavy atom. The van der Waals surface area contributed by atoms with Crippen LogP contribution in [0.4, 0.5) is 10.1 Å². The van der Waals surface area contributed by atoms with E-state index in [4.69, 9.17) is 9.47 Å². The number of imidazole rings is 1. The second kappa shape index (κ2) is 7.87. The zero-order chi connectivity index (χ0) is 21.3. The highest BCUT2D eigenvalue weighted by Gasteiger charge is 2.15. The number of carbonyl (C=O) groups excluding carboxylic acids is 1. The first-order valence-electron chi connectivity index (χ1n) is 9.29. The molecule has 0 atom stereocenters. The Morgan fingerprint density at radius 3 is 2.50 bits per heavy atom. The SMILES string of the molecule is COc1cc2nc(-c3ccc(C)c(NC(=O)c4ccccc4F)c3)[nH]c2cc1OC. The molecule has 0 aliphatic rings. The second-order valence-electron chi connectivity index (χ2n) is 6.77. The van der Waals surface area contributed by atoms with Gasteiger partial charge in [0.2, 0.25) is 0 Å². The van der Waals surface area contributed by atoms with Crippen LogP contribution in [0.3, 0.4) is 0 Å². The Balaban J connectivity index is 1.69. The van der Waals surface area contributed by atoms with Crippen LogP contribution in [0.2, 0.25) is 0 Å². The molecule has 1 amide bonds. The molecule has 0 saturated heterocycles. The van der Waals surface area contributed by atoms with Crippen molar-refractivity contribution >= 4 is 22.6 Å². The molecule has 152 valence electrons. The van der Waals surface area contributed by atoms with Crippen LogP contribution in [0, 0.1) is 12.7 Å². The first-order valence-corrected chi connectivity index (χ1v) is 9.29. The molecule has 0 aliphatic carbocycles. The van der Waals surface area contributed by atoms with E-state index in [2.05, 4.69) is 15.3 Å². The van der Waals surface area contributed by atoms with Crippen molar-refractivity contribution in [2.45, 2.75) is 6.92 Å². The maximum atomic E-state index is 13.9. The molecule has 1 heterocycles. The third kappa shape index (κ3) is 3.57. The van der Waals surface area contributed by atoms with Crippen molar-refractivity contribution < 1.29 is 18.7 Å². The van der Waals surface area contributed by atoms with Gasteiger partial charge in [0.25, 0.3) is 5.91 Å². The van der Waals surface area contributed by atoms with Crippen molar-refractivity contribution in [2.24, 2.45) is 0 Å². The van der Waals surface area contributed by atoms with Gasteiger partial charge in [0.15, 0.2) is 11.5 Å². The Morgan fingerprint density at radius 2 is 1.77 bits per heavy atom. The molecule has 4 aromatic rings. The normalized spacial score (nSPS) is 10.8. The van der Waals surface area contributed by atoms with Crippen molar-refractivity contribution in [3.8, 4) is 22.9 Å². The van der Waals surface area contributed by atoms with Gasteiger partial charge in [-0.25, -0.2) is 9.37 Å². The van der Waals surface area contributed by atoms with E-state index in [1.165, 1.54) is 12.1 Å². The number of ether oxygens (including phenoxy) is 2. The number of aromatic amines is 1.